The fraction of sp³-hybridized carbons (Fsp3) is 0.429. The Morgan fingerprint density at radius 1 is 1.25 bits per heavy atom. The number of nitrogens with one attached hydrogen (secondary N) is 1. The largest absolute Gasteiger partial charge is 0.454 e. The number of nitrogens with two attached hydrogens (primary N) is 1. The van der Waals surface area contributed by atoms with Crippen LogP contribution in [0.5, 0.6) is 11.5 Å². The molecule has 1 fully saturated rings. The van der Waals surface area contributed by atoms with Crippen molar-refractivity contribution in [3.63, 3.8) is 0 Å². The van der Waals surface area contributed by atoms with Crippen LogP contribution >= 0.6 is 12.2 Å². The average molecular weight is 292 g/mol. The van der Waals surface area contributed by atoms with Crippen molar-refractivity contribution >= 4 is 23.1 Å². The summed E-state index contributed by atoms with van der Waals surface area (Å²) in [5.41, 5.74) is 5.81. The summed E-state index contributed by atoms with van der Waals surface area (Å²) in [6.45, 7) is 0.192. The van der Waals surface area contributed by atoms with Crippen molar-refractivity contribution in [3.05, 3.63) is 23.8 Å². The Hall–Kier alpha value is -1.82. The van der Waals surface area contributed by atoms with Gasteiger partial charge in [-0.05, 0) is 31.0 Å². The van der Waals surface area contributed by atoms with Gasteiger partial charge in [0.15, 0.2) is 11.5 Å². The van der Waals surface area contributed by atoms with Crippen LogP contribution in [-0.4, -0.2) is 23.2 Å². The number of carbonyl (C=O) groups is 1. The van der Waals surface area contributed by atoms with Gasteiger partial charge in [0.25, 0.3) is 5.91 Å². The number of ether oxygens (including phenoxy) is 2. The molecule has 0 radical (unpaired) electrons. The van der Waals surface area contributed by atoms with Crippen molar-refractivity contribution < 1.29 is 14.3 Å². The number of thiocarbonyl (C=S) groups is 1. The van der Waals surface area contributed by atoms with E-state index in [1.807, 2.05) is 0 Å². The van der Waals surface area contributed by atoms with Gasteiger partial charge in [-0.15, -0.1) is 0 Å². The second-order valence-corrected chi connectivity index (χ2v) is 5.62. The first-order chi connectivity index (χ1) is 9.61. The lowest BCUT2D eigenvalue weighted by atomic mass is 9.97. The molecule has 1 aliphatic heterocycles. The summed E-state index contributed by atoms with van der Waals surface area (Å²) in [6, 6.07) is 5.13. The minimum absolute atomic E-state index is 0.182. The van der Waals surface area contributed by atoms with E-state index in [1.165, 1.54) is 0 Å². The molecule has 0 unspecified atom stereocenters. The molecule has 6 heteroatoms. The second kappa shape index (κ2) is 4.94. The molecule has 1 amide bonds. The minimum atomic E-state index is -0.539. The molecule has 20 heavy (non-hydrogen) atoms. The summed E-state index contributed by atoms with van der Waals surface area (Å²) in [6.07, 6.45) is 3.66. The van der Waals surface area contributed by atoms with Gasteiger partial charge in [-0.25, -0.2) is 0 Å². The lowest BCUT2D eigenvalue weighted by Gasteiger charge is -2.29. The molecule has 0 bridgehead atoms. The number of fused-ring (bicyclic) bond motifs is 1. The van der Waals surface area contributed by atoms with Gasteiger partial charge in [-0.3, -0.25) is 4.79 Å². The molecule has 0 spiro atoms. The maximum absolute atomic E-state index is 12.4. The predicted octanol–water partition coefficient (Wildman–Crippen LogP) is 1.74. The Bertz CT molecular complexity index is 568. The third kappa shape index (κ3) is 2.20. The van der Waals surface area contributed by atoms with Crippen molar-refractivity contribution in [2.45, 2.75) is 31.2 Å². The summed E-state index contributed by atoms with van der Waals surface area (Å²) in [4.78, 5) is 12.8. The van der Waals surface area contributed by atoms with Gasteiger partial charge in [0.05, 0.1) is 10.5 Å². The molecule has 0 atom stereocenters. The number of benzene rings is 1. The molecule has 106 valence electrons. The number of carbonyl (C=O) groups excluding carboxylic acids is 1. The number of hydrogen-bond acceptors (Lipinski definition) is 4. The maximum atomic E-state index is 12.4. The van der Waals surface area contributed by atoms with E-state index in [9.17, 15) is 4.79 Å². The van der Waals surface area contributed by atoms with Crippen molar-refractivity contribution in [1.82, 2.24) is 5.32 Å². The van der Waals surface area contributed by atoms with E-state index in [2.05, 4.69) is 5.32 Å². The lowest BCUT2D eigenvalue weighted by molar-refractivity contribution is 0.0924. The van der Waals surface area contributed by atoms with E-state index in [4.69, 9.17) is 27.4 Å². The summed E-state index contributed by atoms with van der Waals surface area (Å²) in [5.74, 6) is 1.07. The van der Waals surface area contributed by atoms with Crippen molar-refractivity contribution in [1.29, 1.82) is 0 Å². The first-order valence-corrected chi connectivity index (χ1v) is 7.04. The molecule has 5 nitrogen and oxygen atoms in total. The van der Waals surface area contributed by atoms with Gasteiger partial charge in [-0.2, -0.15) is 0 Å². The van der Waals surface area contributed by atoms with Crippen LogP contribution in [0.25, 0.3) is 0 Å². The van der Waals surface area contributed by atoms with Crippen LogP contribution in [0.15, 0.2) is 18.2 Å². The standard InChI is InChI=1S/C14H16N2O3S/c15-13(20)14(5-1-2-6-14)16-12(17)9-3-4-10-11(7-9)19-8-18-10/h3-4,7H,1-2,5-6,8H2,(H2,15,20)(H,16,17). The zero-order chi connectivity index (χ0) is 14.2. The highest BCUT2D eigenvalue weighted by Crippen LogP contribution is 2.34. The van der Waals surface area contributed by atoms with Crippen LogP contribution in [0.1, 0.15) is 36.0 Å². The van der Waals surface area contributed by atoms with Crippen LogP contribution in [0.3, 0.4) is 0 Å². The fourth-order valence-corrected chi connectivity index (χ4v) is 2.99. The highest BCUT2D eigenvalue weighted by molar-refractivity contribution is 7.80. The van der Waals surface area contributed by atoms with Crippen molar-refractivity contribution in [2.75, 3.05) is 6.79 Å². The van der Waals surface area contributed by atoms with Gasteiger partial charge >= 0.3 is 0 Å². The first kappa shape index (κ1) is 13.2. The predicted molar refractivity (Wildman–Crippen MR) is 78.0 cm³/mol. The van der Waals surface area contributed by atoms with Gasteiger partial charge in [0.2, 0.25) is 6.79 Å². The Morgan fingerprint density at radius 2 is 1.95 bits per heavy atom. The molecule has 1 aliphatic carbocycles. The monoisotopic (exact) mass is 292 g/mol. The topological polar surface area (TPSA) is 73.6 Å². The Labute approximate surface area is 122 Å². The molecule has 3 rings (SSSR count). The van der Waals surface area contributed by atoms with E-state index < -0.39 is 5.54 Å². The summed E-state index contributed by atoms with van der Waals surface area (Å²) >= 11 is 5.13. The highest BCUT2D eigenvalue weighted by atomic mass is 32.1. The fourth-order valence-electron chi connectivity index (χ4n) is 2.74. The molecule has 1 saturated carbocycles. The van der Waals surface area contributed by atoms with Crippen LogP contribution in [0.4, 0.5) is 0 Å². The average Bonchev–Trinajstić information content (AvgIpc) is 3.06. The quantitative estimate of drug-likeness (QED) is 0.830. The molecule has 3 N–H and O–H groups in total. The molecule has 2 aliphatic rings. The highest BCUT2D eigenvalue weighted by Gasteiger charge is 2.38. The Morgan fingerprint density at radius 3 is 2.65 bits per heavy atom. The van der Waals surface area contributed by atoms with E-state index >= 15 is 0 Å². The molecule has 0 saturated heterocycles. The van der Waals surface area contributed by atoms with E-state index in [0.717, 1.165) is 25.7 Å². The normalized spacial score (nSPS) is 18.8. The maximum Gasteiger partial charge on any atom is 0.252 e. The van der Waals surface area contributed by atoms with Crippen LogP contribution in [0, 0.1) is 0 Å². The molecule has 1 aromatic rings. The molecule has 1 heterocycles. The van der Waals surface area contributed by atoms with Crippen molar-refractivity contribution in [3.8, 4) is 11.5 Å². The summed E-state index contributed by atoms with van der Waals surface area (Å²) < 4.78 is 10.5. The van der Waals surface area contributed by atoms with E-state index in [0.29, 0.717) is 22.1 Å². The van der Waals surface area contributed by atoms with Gasteiger partial charge < -0.3 is 20.5 Å². The van der Waals surface area contributed by atoms with Crippen LogP contribution < -0.4 is 20.5 Å². The second-order valence-electron chi connectivity index (χ2n) is 5.18. The molecule has 1 aromatic carbocycles. The Balaban J connectivity index is 1.80. The zero-order valence-electron chi connectivity index (χ0n) is 11.0. The molecular weight excluding hydrogens is 276 g/mol. The lowest BCUT2D eigenvalue weighted by Crippen LogP contribution is -2.54. The van der Waals surface area contributed by atoms with Gasteiger partial charge in [-0.1, -0.05) is 25.1 Å². The number of amides is 1. The SMILES string of the molecule is NC(=S)C1(NC(=O)c2ccc3c(c2)OCO3)CCCC1. The third-order valence-corrected chi connectivity index (χ3v) is 4.31. The summed E-state index contributed by atoms with van der Waals surface area (Å²) in [7, 11) is 0. The zero-order valence-corrected chi connectivity index (χ0v) is 11.8. The van der Waals surface area contributed by atoms with Gasteiger partial charge in [0, 0.05) is 5.56 Å². The van der Waals surface area contributed by atoms with Crippen LogP contribution in [0.2, 0.25) is 0 Å². The smallest absolute Gasteiger partial charge is 0.252 e. The van der Waals surface area contributed by atoms with Crippen LogP contribution in [-0.2, 0) is 0 Å². The third-order valence-electron chi connectivity index (χ3n) is 3.92. The molecular formula is C14H16N2O3S. The number of hydrogen-bond donors (Lipinski definition) is 2. The van der Waals surface area contributed by atoms with E-state index in [-0.39, 0.29) is 12.7 Å². The molecule has 0 aromatic heterocycles. The van der Waals surface area contributed by atoms with E-state index in [1.54, 1.807) is 18.2 Å². The first-order valence-electron chi connectivity index (χ1n) is 6.63. The number of rotatable bonds is 3. The Kier molecular flexibility index (Phi) is 3.25. The summed E-state index contributed by atoms with van der Waals surface area (Å²) in [5, 5.41) is 3.00. The van der Waals surface area contributed by atoms with Crippen molar-refractivity contribution in [2.24, 2.45) is 5.73 Å². The van der Waals surface area contributed by atoms with Gasteiger partial charge in [0.1, 0.15) is 0 Å². The minimum Gasteiger partial charge on any atom is -0.454 e.